The van der Waals surface area contributed by atoms with Crippen LogP contribution in [0.4, 0.5) is 0 Å². The van der Waals surface area contributed by atoms with Crippen molar-refractivity contribution in [3.8, 4) is 11.5 Å². The second-order valence-electron chi connectivity index (χ2n) is 8.08. The summed E-state index contributed by atoms with van der Waals surface area (Å²) in [5, 5.41) is 11.6. The van der Waals surface area contributed by atoms with Crippen molar-refractivity contribution < 1.29 is 23.8 Å². The number of benzene rings is 2. The molecule has 1 heterocycles. The number of carbonyl (C=O) groups excluding carboxylic acids is 2. The average molecular weight is 465 g/mol. The molecular formula is C25H28N4O5. The van der Waals surface area contributed by atoms with E-state index < -0.39 is 5.97 Å². The summed E-state index contributed by atoms with van der Waals surface area (Å²) in [6.07, 6.45) is 3.70. The van der Waals surface area contributed by atoms with E-state index in [0.717, 1.165) is 25.7 Å². The van der Waals surface area contributed by atoms with Gasteiger partial charge in [0.05, 0.1) is 24.8 Å². The molecule has 178 valence electrons. The number of tetrazole rings is 1. The first-order chi connectivity index (χ1) is 16.6. The van der Waals surface area contributed by atoms with Crippen LogP contribution in [0.25, 0.3) is 0 Å². The first-order valence-corrected chi connectivity index (χ1v) is 11.6. The molecule has 0 saturated heterocycles. The van der Waals surface area contributed by atoms with Crippen LogP contribution in [0.5, 0.6) is 11.5 Å². The van der Waals surface area contributed by atoms with Crippen molar-refractivity contribution in [3.05, 3.63) is 65.0 Å². The molecule has 1 aliphatic carbocycles. The van der Waals surface area contributed by atoms with Crippen LogP contribution in [0.2, 0.25) is 0 Å². The van der Waals surface area contributed by atoms with Crippen LogP contribution in [-0.4, -0.2) is 45.2 Å². The van der Waals surface area contributed by atoms with Crippen LogP contribution < -0.4 is 9.47 Å². The SMILES string of the molecule is CCCOc1ccc(C(=O)c2ccccc2C(=O)OCc2nnnn2C2CC2)cc1OCCC. The Hall–Kier alpha value is -3.75. The highest BCUT2D eigenvalue weighted by Crippen LogP contribution is 2.34. The van der Waals surface area contributed by atoms with Gasteiger partial charge in [0.15, 0.2) is 29.7 Å². The van der Waals surface area contributed by atoms with Crippen LogP contribution in [0.1, 0.15) is 77.7 Å². The fourth-order valence-corrected chi connectivity index (χ4v) is 3.44. The van der Waals surface area contributed by atoms with Crippen molar-refractivity contribution in [1.82, 2.24) is 20.2 Å². The molecule has 34 heavy (non-hydrogen) atoms. The van der Waals surface area contributed by atoms with Gasteiger partial charge >= 0.3 is 5.97 Å². The van der Waals surface area contributed by atoms with Crippen LogP contribution >= 0.6 is 0 Å². The van der Waals surface area contributed by atoms with Crippen molar-refractivity contribution >= 4 is 11.8 Å². The monoisotopic (exact) mass is 464 g/mol. The summed E-state index contributed by atoms with van der Waals surface area (Å²) in [5.74, 6) is 0.666. The van der Waals surface area contributed by atoms with Gasteiger partial charge in [-0.2, -0.15) is 0 Å². The molecule has 0 N–H and O–H groups in total. The number of ether oxygens (including phenoxy) is 3. The zero-order valence-electron chi connectivity index (χ0n) is 19.4. The second kappa shape index (κ2) is 10.9. The number of hydrogen-bond acceptors (Lipinski definition) is 8. The molecule has 0 amide bonds. The average Bonchev–Trinajstić information content (AvgIpc) is 3.61. The quantitative estimate of drug-likeness (QED) is 0.290. The van der Waals surface area contributed by atoms with Gasteiger partial charge in [0.1, 0.15) is 0 Å². The normalized spacial score (nSPS) is 12.9. The molecule has 9 heteroatoms. The van der Waals surface area contributed by atoms with Crippen molar-refractivity contribution in [2.24, 2.45) is 0 Å². The standard InChI is InChI=1S/C25H28N4O5/c1-3-13-32-21-12-9-17(15-22(21)33-14-4-2)24(30)19-7-5-6-8-20(19)25(31)34-16-23-26-27-28-29(23)18-10-11-18/h5-9,12,15,18H,3-4,10-11,13-14,16H2,1-2H3. The first-order valence-electron chi connectivity index (χ1n) is 11.6. The Morgan fingerprint density at radius 1 is 0.971 bits per heavy atom. The first kappa shape index (κ1) is 23.4. The molecule has 0 unspecified atom stereocenters. The number of carbonyl (C=O) groups is 2. The summed E-state index contributed by atoms with van der Waals surface area (Å²) in [6.45, 7) is 5.01. The molecule has 2 aromatic carbocycles. The lowest BCUT2D eigenvalue weighted by molar-refractivity contribution is 0.0454. The second-order valence-corrected chi connectivity index (χ2v) is 8.08. The van der Waals surface area contributed by atoms with Gasteiger partial charge in [-0.05, 0) is 60.4 Å². The topological polar surface area (TPSA) is 105 Å². The minimum Gasteiger partial charge on any atom is -0.490 e. The van der Waals surface area contributed by atoms with E-state index in [0.29, 0.717) is 36.1 Å². The fourth-order valence-electron chi connectivity index (χ4n) is 3.44. The Bertz CT molecular complexity index is 1160. The van der Waals surface area contributed by atoms with Crippen LogP contribution in [0, 0.1) is 0 Å². The molecular weight excluding hydrogens is 436 g/mol. The molecule has 1 aromatic heterocycles. The van der Waals surface area contributed by atoms with Crippen molar-refractivity contribution in [1.29, 1.82) is 0 Å². The smallest absolute Gasteiger partial charge is 0.339 e. The molecule has 1 fully saturated rings. The molecule has 0 radical (unpaired) electrons. The van der Waals surface area contributed by atoms with E-state index in [1.54, 1.807) is 47.1 Å². The molecule has 0 aliphatic heterocycles. The largest absolute Gasteiger partial charge is 0.490 e. The van der Waals surface area contributed by atoms with Crippen LogP contribution in [0.15, 0.2) is 42.5 Å². The lowest BCUT2D eigenvalue weighted by Crippen LogP contribution is -2.14. The minimum absolute atomic E-state index is 0.0661. The van der Waals surface area contributed by atoms with Gasteiger partial charge in [-0.15, -0.1) is 5.10 Å². The Labute approximate surface area is 198 Å². The van der Waals surface area contributed by atoms with Gasteiger partial charge in [-0.3, -0.25) is 4.79 Å². The van der Waals surface area contributed by atoms with Crippen molar-refractivity contribution in [2.45, 2.75) is 52.2 Å². The maximum atomic E-state index is 13.4. The van der Waals surface area contributed by atoms with E-state index in [9.17, 15) is 9.59 Å². The summed E-state index contributed by atoms with van der Waals surface area (Å²) < 4.78 is 18.7. The molecule has 0 atom stereocenters. The summed E-state index contributed by atoms with van der Waals surface area (Å²) in [6, 6.07) is 11.9. The Balaban J connectivity index is 1.53. The minimum atomic E-state index is -0.611. The fraction of sp³-hybridized carbons (Fsp3) is 0.400. The third-order valence-electron chi connectivity index (χ3n) is 5.31. The highest BCUT2D eigenvalue weighted by molar-refractivity contribution is 6.14. The number of ketones is 1. The van der Waals surface area contributed by atoms with E-state index >= 15 is 0 Å². The molecule has 9 nitrogen and oxygen atoms in total. The number of hydrogen-bond donors (Lipinski definition) is 0. The van der Waals surface area contributed by atoms with Crippen molar-refractivity contribution in [3.63, 3.8) is 0 Å². The predicted molar refractivity (Wildman–Crippen MR) is 123 cm³/mol. The van der Waals surface area contributed by atoms with Gasteiger partial charge in [-0.1, -0.05) is 32.0 Å². The van der Waals surface area contributed by atoms with Gasteiger partial charge in [0, 0.05) is 11.1 Å². The maximum absolute atomic E-state index is 13.4. The van der Waals surface area contributed by atoms with Crippen molar-refractivity contribution in [2.75, 3.05) is 13.2 Å². The summed E-state index contributed by atoms with van der Waals surface area (Å²) >= 11 is 0. The van der Waals surface area contributed by atoms with E-state index in [4.69, 9.17) is 14.2 Å². The molecule has 1 saturated carbocycles. The Morgan fingerprint density at radius 3 is 2.38 bits per heavy atom. The summed E-state index contributed by atoms with van der Waals surface area (Å²) in [7, 11) is 0. The van der Waals surface area contributed by atoms with Crippen LogP contribution in [-0.2, 0) is 11.3 Å². The molecule has 0 bridgehead atoms. The van der Waals surface area contributed by atoms with E-state index in [-0.39, 0.29) is 29.6 Å². The Kier molecular flexibility index (Phi) is 7.51. The van der Waals surface area contributed by atoms with Gasteiger partial charge in [-0.25, -0.2) is 9.48 Å². The third-order valence-corrected chi connectivity index (χ3v) is 5.31. The van der Waals surface area contributed by atoms with E-state index in [1.807, 2.05) is 13.8 Å². The number of rotatable bonds is 12. The van der Waals surface area contributed by atoms with Gasteiger partial charge in [0.2, 0.25) is 0 Å². The van der Waals surface area contributed by atoms with Gasteiger partial charge in [0.25, 0.3) is 0 Å². The van der Waals surface area contributed by atoms with Gasteiger partial charge < -0.3 is 14.2 Å². The lowest BCUT2D eigenvalue weighted by Gasteiger charge is -2.14. The zero-order chi connectivity index (χ0) is 23.9. The summed E-state index contributed by atoms with van der Waals surface area (Å²) in [5.41, 5.74) is 0.825. The number of aromatic nitrogens is 4. The zero-order valence-corrected chi connectivity index (χ0v) is 19.4. The molecule has 3 aromatic rings. The molecule has 4 rings (SSSR count). The van der Waals surface area contributed by atoms with E-state index in [2.05, 4.69) is 15.5 Å². The number of nitrogens with zero attached hydrogens (tertiary/aromatic N) is 4. The van der Waals surface area contributed by atoms with E-state index in [1.165, 1.54) is 0 Å². The lowest BCUT2D eigenvalue weighted by atomic mass is 9.98. The van der Waals surface area contributed by atoms with Crippen LogP contribution in [0.3, 0.4) is 0 Å². The predicted octanol–water partition coefficient (Wildman–Crippen LogP) is 4.17. The maximum Gasteiger partial charge on any atom is 0.339 e. The number of esters is 1. The molecule has 0 spiro atoms. The third kappa shape index (κ3) is 5.41. The Morgan fingerprint density at radius 2 is 1.68 bits per heavy atom. The highest BCUT2D eigenvalue weighted by atomic mass is 16.5. The summed E-state index contributed by atoms with van der Waals surface area (Å²) in [4.78, 5) is 26.2. The molecule has 1 aliphatic rings. The highest BCUT2D eigenvalue weighted by Gasteiger charge is 2.28.